The molecule has 3 aromatic carbocycles. The molecule has 0 saturated carbocycles. The minimum atomic E-state index is -0.500. The van der Waals surface area contributed by atoms with Crippen molar-refractivity contribution in [2.75, 3.05) is 39.3 Å². The van der Waals surface area contributed by atoms with Crippen LogP contribution in [0.25, 0.3) is 0 Å². The van der Waals surface area contributed by atoms with Gasteiger partial charge in [-0.1, -0.05) is 72.8 Å². The summed E-state index contributed by atoms with van der Waals surface area (Å²) in [5.41, 5.74) is 4.93. The van der Waals surface area contributed by atoms with Crippen molar-refractivity contribution in [1.29, 1.82) is 0 Å². The Balaban J connectivity index is 1.33. The summed E-state index contributed by atoms with van der Waals surface area (Å²) in [6.07, 6.45) is -0.500. The fourth-order valence-electron chi connectivity index (χ4n) is 4.49. The van der Waals surface area contributed by atoms with Gasteiger partial charge in [-0.2, -0.15) is 0 Å². The molecule has 0 unspecified atom stereocenters. The number of β-amino-alcohol motifs (C(OH)–C–C–N with tert-alkyl or cyclic N) is 1. The van der Waals surface area contributed by atoms with Crippen LogP contribution >= 0.6 is 0 Å². The maximum absolute atomic E-state index is 10.6. The minimum Gasteiger partial charge on any atom is -0.491 e. The van der Waals surface area contributed by atoms with Gasteiger partial charge in [0.25, 0.3) is 0 Å². The van der Waals surface area contributed by atoms with Crippen LogP contribution in [0.3, 0.4) is 0 Å². The Bertz CT molecular complexity index is 930. The second-order valence-electron chi connectivity index (χ2n) is 8.79. The minimum absolute atomic E-state index is 0.261. The Morgan fingerprint density at radius 3 is 2.00 bits per heavy atom. The maximum Gasteiger partial charge on any atom is 0.122 e. The molecule has 4 nitrogen and oxygen atoms in total. The first-order valence-corrected chi connectivity index (χ1v) is 11.5. The van der Waals surface area contributed by atoms with Gasteiger partial charge in [0.05, 0.1) is 6.04 Å². The van der Waals surface area contributed by atoms with Crippen LogP contribution in [0.5, 0.6) is 5.75 Å². The van der Waals surface area contributed by atoms with Crippen LogP contribution in [-0.4, -0.2) is 60.3 Å². The molecule has 3 aromatic rings. The largest absolute Gasteiger partial charge is 0.491 e. The highest BCUT2D eigenvalue weighted by molar-refractivity contribution is 5.36. The fraction of sp³-hybridized carbons (Fsp3) is 0.357. The average Bonchev–Trinajstić information content (AvgIpc) is 2.82. The molecule has 0 radical (unpaired) electrons. The van der Waals surface area contributed by atoms with Gasteiger partial charge < -0.3 is 9.84 Å². The zero-order chi connectivity index (χ0) is 22.3. The standard InChI is InChI=1S/C28H34N2O2/c1-22-13-14-23(2)27(19-22)32-21-26(31)20-29-15-17-30(18-16-29)28(24-9-5-3-6-10-24)25-11-7-4-8-12-25/h3-14,19,26,28,31H,15-18,20-21H2,1-2H3/t26-/m1/s1. The van der Waals surface area contributed by atoms with E-state index in [1.165, 1.54) is 16.7 Å². The number of aliphatic hydroxyl groups excluding tert-OH is 1. The van der Waals surface area contributed by atoms with E-state index < -0.39 is 6.10 Å². The van der Waals surface area contributed by atoms with E-state index in [0.717, 1.165) is 37.5 Å². The van der Waals surface area contributed by atoms with Crippen LogP contribution in [-0.2, 0) is 0 Å². The van der Waals surface area contributed by atoms with E-state index in [2.05, 4.69) is 89.5 Å². The van der Waals surface area contributed by atoms with E-state index in [4.69, 9.17) is 4.74 Å². The fourth-order valence-corrected chi connectivity index (χ4v) is 4.49. The van der Waals surface area contributed by atoms with E-state index in [1.807, 2.05) is 13.0 Å². The SMILES string of the molecule is Cc1ccc(C)c(OC[C@H](O)CN2CCN(C(c3ccccc3)c3ccccc3)CC2)c1. The van der Waals surface area contributed by atoms with Crippen molar-refractivity contribution in [2.24, 2.45) is 0 Å². The second kappa shape index (κ2) is 10.8. The summed E-state index contributed by atoms with van der Waals surface area (Å²) in [5, 5.41) is 10.6. The third-order valence-electron chi connectivity index (χ3n) is 6.25. The number of nitrogens with zero attached hydrogens (tertiary/aromatic N) is 2. The highest BCUT2D eigenvalue weighted by Gasteiger charge is 2.27. The summed E-state index contributed by atoms with van der Waals surface area (Å²) in [6.45, 7) is 8.88. The predicted octanol–water partition coefficient (Wildman–Crippen LogP) is 4.45. The van der Waals surface area contributed by atoms with Gasteiger partial charge in [-0.25, -0.2) is 0 Å². The first-order valence-electron chi connectivity index (χ1n) is 11.5. The van der Waals surface area contributed by atoms with Crippen LogP contribution in [0.1, 0.15) is 28.3 Å². The third kappa shape index (κ3) is 5.77. The van der Waals surface area contributed by atoms with Gasteiger partial charge in [-0.15, -0.1) is 0 Å². The normalized spacial score (nSPS) is 16.2. The molecule has 1 saturated heterocycles. The molecule has 32 heavy (non-hydrogen) atoms. The van der Waals surface area contributed by atoms with E-state index >= 15 is 0 Å². The predicted molar refractivity (Wildman–Crippen MR) is 130 cm³/mol. The third-order valence-corrected chi connectivity index (χ3v) is 6.25. The first-order chi connectivity index (χ1) is 15.6. The molecule has 4 heteroatoms. The number of aryl methyl sites for hydroxylation is 2. The quantitative estimate of drug-likeness (QED) is 0.573. The van der Waals surface area contributed by atoms with Crippen molar-refractivity contribution in [3.8, 4) is 5.75 Å². The molecule has 0 spiro atoms. The van der Waals surface area contributed by atoms with Crippen LogP contribution in [0.4, 0.5) is 0 Å². The zero-order valence-corrected chi connectivity index (χ0v) is 19.2. The summed E-state index contributed by atoms with van der Waals surface area (Å²) >= 11 is 0. The number of piperazine rings is 1. The summed E-state index contributed by atoms with van der Waals surface area (Å²) < 4.78 is 5.91. The molecule has 4 rings (SSSR count). The van der Waals surface area contributed by atoms with Gasteiger partial charge in [-0.3, -0.25) is 9.80 Å². The number of rotatable bonds is 8. The van der Waals surface area contributed by atoms with Crippen molar-refractivity contribution in [3.05, 3.63) is 101 Å². The number of hydrogen-bond acceptors (Lipinski definition) is 4. The van der Waals surface area contributed by atoms with Gasteiger partial charge in [-0.05, 0) is 42.2 Å². The Kier molecular flexibility index (Phi) is 7.59. The van der Waals surface area contributed by atoms with E-state index in [0.29, 0.717) is 13.2 Å². The summed E-state index contributed by atoms with van der Waals surface area (Å²) in [4.78, 5) is 4.90. The molecule has 1 heterocycles. The molecule has 0 bridgehead atoms. The Morgan fingerprint density at radius 2 is 1.41 bits per heavy atom. The highest BCUT2D eigenvalue weighted by atomic mass is 16.5. The molecule has 0 amide bonds. The Morgan fingerprint density at radius 1 is 0.812 bits per heavy atom. The molecule has 1 atom stereocenters. The van der Waals surface area contributed by atoms with Crippen molar-refractivity contribution < 1.29 is 9.84 Å². The van der Waals surface area contributed by atoms with Gasteiger partial charge in [0, 0.05) is 32.7 Å². The molecule has 1 aliphatic heterocycles. The maximum atomic E-state index is 10.6. The van der Waals surface area contributed by atoms with Crippen LogP contribution in [0.15, 0.2) is 78.9 Å². The number of aliphatic hydroxyl groups is 1. The van der Waals surface area contributed by atoms with Gasteiger partial charge >= 0.3 is 0 Å². The molecule has 168 valence electrons. The van der Waals surface area contributed by atoms with Crippen molar-refractivity contribution in [3.63, 3.8) is 0 Å². The lowest BCUT2D eigenvalue weighted by Gasteiger charge is -2.40. The zero-order valence-electron chi connectivity index (χ0n) is 19.2. The van der Waals surface area contributed by atoms with E-state index in [1.54, 1.807) is 0 Å². The molecule has 0 aromatic heterocycles. The Labute approximate surface area is 192 Å². The highest BCUT2D eigenvalue weighted by Crippen LogP contribution is 2.29. The number of ether oxygens (including phenoxy) is 1. The van der Waals surface area contributed by atoms with Crippen molar-refractivity contribution in [1.82, 2.24) is 9.80 Å². The molecule has 1 fully saturated rings. The summed E-state index contributed by atoms with van der Waals surface area (Å²) in [6, 6.07) is 27.9. The molecule has 1 aliphatic rings. The molecule has 0 aliphatic carbocycles. The van der Waals surface area contributed by atoms with Gasteiger partial charge in [0.1, 0.15) is 18.5 Å². The first kappa shape index (κ1) is 22.5. The number of benzene rings is 3. The smallest absolute Gasteiger partial charge is 0.122 e. The average molecular weight is 431 g/mol. The van der Waals surface area contributed by atoms with Crippen LogP contribution in [0, 0.1) is 13.8 Å². The summed E-state index contributed by atoms with van der Waals surface area (Å²) in [7, 11) is 0. The lowest BCUT2D eigenvalue weighted by atomic mass is 9.96. The molecular weight excluding hydrogens is 396 g/mol. The number of hydrogen-bond donors (Lipinski definition) is 1. The summed E-state index contributed by atoms with van der Waals surface area (Å²) in [5.74, 6) is 0.863. The lowest BCUT2D eigenvalue weighted by molar-refractivity contribution is 0.0399. The van der Waals surface area contributed by atoms with Crippen LogP contribution in [0.2, 0.25) is 0 Å². The molecule has 1 N–H and O–H groups in total. The van der Waals surface area contributed by atoms with E-state index in [9.17, 15) is 5.11 Å². The van der Waals surface area contributed by atoms with Crippen LogP contribution < -0.4 is 4.74 Å². The van der Waals surface area contributed by atoms with Crippen molar-refractivity contribution >= 4 is 0 Å². The lowest BCUT2D eigenvalue weighted by Crippen LogP contribution is -2.50. The van der Waals surface area contributed by atoms with Gasteiger partial charge in [0.2, 0.25) is 0 Å². The van der Waals surface area contributed by atoms with Gasteiger partial charge in [0.15, 0.2) is 0 Å². The van der Waals surface area contributed by atoms with E-state index in [-0.39, 0.29) is 6.04 Å². The molecular formula is C28H34N2O2. The second-order valence-corrected chi connectivity index (χ2v) is 8.79. The topological polar surface area (TPSA) is 35.9 Å². The van der Waals surface area contributed by atoms with Crippen molar-refractivity contribution in [2.45, 2.75) is 26.0 Å². The Hall–Kier alpha value is -2.66. The monoisotopic (exact) mass is 430 g/mol.